The van der Waals surface area contributed by atoms with Gasteiger partial charge in [0.05, 0.1) is 11.3 Å². The lowest BCUT2D eigenvalue weighted by Gasteiger charge is -2.26. The molecule has 0 bridgehead atoms. The molecule has 5 nitrogen and oxygen atoms in total. The van der Waals surface area contributed by atoms with Gasteiger partial charge >= 0.3 is 0 Å². The molecule has 0 atom stereocenters. The molecular formula is C20H20FN3O2. The van der Waals surface area contributed by atoms with Gasteiger partial charge in [-0.1, -0.05) is 19.3 Å². The van der Waals surface area contributed by atoms with Gasteiger partial charge in [-0.3, -0.25) is 14.4 Å². The van der Waals surface area contributed by atoms with Gasteiger partial charge in [0.15, 0.2) is 0 Å². The second kappa shape index (κ2) is 7.52. The third kappa shape index (κ3) is 3.38. The van der Waals surface area contributed by atoms with Crippen molar-refractivity contribution < 1.29 is 9.50 Å². The van der Waals surface area contributed by atoms with Gasteiger partial charge in [0.1, 0.15) is 17.4 Å². The van der Waals surface area contributed by atoms with Gasteiger partial charge in [-0.2, -0.15) is 5.26 Å². The Morgan fingerprint density at radius 3 is 2.54 bits per heavy atom. The van der Waals surface area contributed by atoms with Crippen molar-refractivity contribution in [2.45, 2.75) is 45.1 Å². The predicted molar refractivity (Wildman–Crippen MR) is 97.6 cm³/mol. The molecule has 0 radical (unpaired) electrons. The fraction of sp³-hybridized carbons (Fsp3) is 0.350. The van der Waals surface area contributed by atoms with Crippen LogP contribution in [0.2, 0.25) is 0 Å². The van der Waals surface area contributed by atoms with Gasteiger partial charge in [0, 0.05) is 12.3 Å². The van der Waals surface area contributed by atoms with Crippen LogP contribution < -0.4 is 5.56 Å². The van der Waals surface area contributed by atoms with Crippen LogP contribution in [0, 0.1) is 24.1 Å². The van der Waals surface area contributed by atoms with Crippen LogP contribution in [0.15, 0.2) is 34.1 Å². The first-order chi connectivity index (χ1) is 12.5. The van der Waals surface area contributed by atoms with Crippen molar-refractivity contribution in [2.24, 2.45) is 4.99 Å². The molecule has 1 N–H and O–H groups in total. The number of aromatic hydroxyl groups is 1. The highest BCUT2D eigenvalue weighted by Crippen LogP contribution is 2.32. The molecule has 0 aliphatic heterocycles. The maximum atomic E-state index is 13.0. The van der Waals surface area contributed by atoms with Gasteiger partial charge in [-0.15, -0.1) is 0 Å². The van der Waals surface area contributed by atoms with Crippen LogP contribution in [0.25, 0.3) is 0 Å². The Hall–Kier alpha value is -2.94. The number of hydrogen-bond donors (Lipinski definition) is 1. The lowest BCUT2D eigenvalue weighted by atomic mass is 9.94. The Labute approximate surface area is 151 Å². The minimum Gasteiger partial charge on any atom is -0.494 e. The maximum Gasteiger partial charge on any atom is 0.271 e. The SMILES string of the molecule is Cc1c(C=Nc2ccc(F)cc2)c(O)n(C2CCCCC2)c(=O)c1C#N. The number of hydrogen-bond acceptors (Lipinski definition) is 4. The molecule has 1 aliphatic carbocycles. The van der Waals surface area contributed by atoms with E-state index >= 15 is 0 Å². The molecule has 0 unspecified atom stereocenters. The Morgan fingerprint density at radius 2 is 1.92 bits per heavy atom. The van der Waals surface area contributed by atoms with Crippen LogP contribution in [0.5, 0.6) is 5.88 Å². The number of nitrogens with zero attached hydrogens (tertiary/aromatic N) is 3. The van der Waals surface area contributed by atoms with Crippen molar-refractivity contribution in [3.63, 3.8) is 0 Å². The van der Waals surface area contributed by atoms with Gasteiger partial charge in [0.25, 0.3) is 5.56 Å². The highest BCUT2D eigenvalue weighted by Gasteiger charge is 2.24. The summed E-state index contributed by atoms with van der Waals surface area (Å²) in [4.78, 5) is 17.0. The van der Waals surface area contributed by atoms with Crippen LogP contribution in [-0.2, 0) is 0 Å². The van der Waals surface area contributed by atoms with E-state index in [4.69, 9.17) is 0 Å². The number of pyridine rings is 1. The minimum absolute atomic E-state index is 0.0222. The Morgan fingerprint density at radius 1 is 1.27 bits per heavy atom. The highest BCUT2D eigenvalue weighted by molar-refractivity contribution is 5.87. The molecular weight excluding hydrogens is 333 g/mol. The van der Waals surface area contributed by atoms with Gasteiger partial charge in [-0.25, -0.2) is 4.39 Å². The maximum absolute atomic E-state index is 13.0. The largest absolute Gasteiger partial charge is 0.494 e. The van der Waals surface area contributed by atoms with E-state index < -0.39 is 5.56 Å². The zero-order chi connectivity index (χ0) is 18.7. The summed E-state index contributed by atoms with van der Waals surface area (Å²) in [6, 6.07) is 7.47. The summed E-state index contributed by atoms with van der Waals surface area (Å²) in [7, 11) is 0. The summed E-state index contributed by atoms with van der Waals surface area (Å²) >= 11 is 0. The number of halogens is 1. The molecule has 1 fully saturated rings. The number of rotatable bonds is 3. The molecule has 1 aliphatic rings. The molecule has 1 saturated carbocycles. The number of nitriles is 1. The predicted octanol–water partition coefficient (Wildman–Crippen LogP) is 4.13. The fourth-order valence-corrected chi connectivity index (χ4v) is 3.44. The second-order valence-electron chi connectivity index (χ2n) is 6.55. The second-order valence-corrected chi connectivity index (χ2v) is 6.55. The van der Waals surface area contributed by atoms with E-state index in [1.54, 1.807) is 6.92 Å². The molecule has 0 spiro atoms. The summed E-state index contributed by atoms with van der Waals surface area (Å²) < 4.78 is 14.4. The van der Waals surface area contributed by atoms with Crippen molar-refractivity contribution in [1.82, 2.24) is 4.57 Å². The van der Waals surface area contributed by atoms with Crippen molar-refractivity contribution in [3.05, 3.63) is 57.1 Å². The van der Waals surface area contributed by atoms with Crippen molar-refractivity contribution in [2.75, 3.05) is 0 Å². The van der Waals surface area contributed by atoms with Crippen LogP contribution in [-0.4, -0.2) is 15.9 Å². The van der Waals surface area contributed by atoms with E-state index in [0.717, 1.165) is 32.1 Å². The monoisotopic (exact) mass is 353 g/mol. The van der Waals surface area contributed by atoms with Crippen LogP contribution >= 0.6 is 0 Å². The number of benzene rings is 1. The first-order valence-electron chi connectivity index (χ1n) is 8.70. The van der Waals surface area contributed by atoms with Crippen molar-refractivity contribution in [3.8, 4) is 11.9 Å². The first-order valence-corrected chi connectivity index (χ1v) is 8.70. The zero-order valence-electron chi connectivity index (χ0n) is 14.6. The first kappa shape index (κ1) is 17.9. The molecule has 6 heteroatoms. The smallest absolute Gasteiger partial charge is 0.271 e. The topological polar surface area (TPSA) is 78.4 Å². The molecule has 0 amide bonds. The molecule has 3 rings (SSSR count). The average molecular weight is 353 g/mol. The van der Waals surface area contributed by atoms with E-state index in [1.807, 2.05) is 6.07 Å². The Bertz CT molecular complexity index is 933. The van der Waals surface area contributed by atoms with E-state index in [1.165, 1.54) is 35.0 Å². The third-order valence-electron chi connectivity index (χ3n) is 4.90. The molecule has 2 aromatic rings. The van der Waals surface area contributed by atoms with Crippen molar-refractivity contribution in [1.29, 1.82) is 5.26 Å². The quantitative estimate of drug-likeness (QED) is 0.843. The molecule has 1 heterocycles. The minimum atomic E-state index is -0.451. The van der Waals surface area contributed by atoms with Gasteiger partial charge in [0.2, 0.25) is 5.88 Å². The summed E-state index contributed by atoms with van der Waals surface area (Å²) in [6.45, 7) is 1.62. The lowest BCUT2D eigenvalue weighted by Crippen LogP contribution is -2.30. The highest BCUT2D eigenvalue weighted by atomic mass is 19.1. The zero-order valence-corrected chi connectivity index (χ0v) is 14.6. The Kier molecular flexibility index (Phi) is 5.17. The summed E-state index contributed by atoms with van der Waals surface area (Å²) in [5, 5.41) is 20.2. The summed E-state index contributed by atoms with van der Waals surface area (Å²) in [5.74, 6) is -0.523. The van der Waals surface area contributed by atoms with E-state index in [0.29, 0.717) is 16.8 Å². The average Bonchev–Trinajstić information content (AvgIpc) is 2.64. The van der Waals surface area contributed by atoms with Crippen LogP contribution in [0.4, 0.5) is 10.1 Å². The number of aromatic nitrogens is 1. The standard InChI is InChI=1S/C20H20FN3O2/c1-13-17(11-22)19(25)24(16-5-3-2-4-6-16)20(26)18(13)12-23-15-9-7-14(21)8-10-15/h7-10,12,16,26H,2-6H2,1H3. The van der Waals surface area contributed by atoms with Crippen LogP contribution in [0.3, 0.4) is 0 Å². The lowest BCUT2D eigenvalue weighted by molar-refractivity contribution is 0.303. The van der Waals surface area contributed by atoms with Crippen molar-refractivity contribution >= 4 is 11.9 Å². The summed E-state index contributed by atoms with van der Waals surface area (Å²) in [6.07, 6.45) is 6.13. The number of aliphatic imine (C=N–C) groups is 1. The van der Waals surface area contributed by atoms with E-state index in [9.17, 15) is 19.6 Å². The van der Waals surface area contributed by atoms with E-state index in [2.05, 4.69) is 4.99 Å². The third-order valence-corrected chi connectivity index (χ3v) is 4.90. The molecule has 26 heavy (non-hydrogen) atoms. The molecule has 1 aromatic carbocycles. The molecule has 1 aromatic heterocycles. The molecule has 134 valence electrons. The van der Waals surface area contributed by atoms with Crippen LogP contribution in [0.1, 0.15) is 54.8 Å². The fourth-order valence-electron chi connectivity index (χ4n) is 3.44. The normalized spacial score (nSPS) is 15.3. The Balaban J connectivity index is 2.10. The summed E-state index contributed by atoms with van der Waals surface area (Å²) in [5.41, 5.74) is 0.824. The van der Waals surface area contributed by atoms with Gasteiger partial charge in [-0.05, 0) is 49.6 Å². The van der Waals surface area contributed by atoms with E-state index in [-0.39, 0.29) is 23.3 Å². The van der Waals surface area contributed by atoms with Gasteiger partial charge < -0.3 is 5.11 Å². The molecule has 0 saturated heterocycles.